The molecule has 0 saturated carbocycles. The lowest BCUT2D eigenvalue weighted by atomic mass is 9.75. The Bertz CT molecular complexity index is 831. The van der Waals surface area contributed by atoms with Crippen molar-refractivity contribution in [3.05, 3.63) is 69.8 Å². The molecule has 2 aromatic rings. The molecule has 0 aromatic heterocycles. The molecule has 174 valence electrons. The molecule has 2 unspecified atom stereocenters. The molecule has 0 radical (unpaired) electrons. The normalized spacial score (nSPS) is 13.8. The number of hydrogen-bond acceptors (Lipinski definition) is 2. The highest BCUT2D eigenvalue weighted by atomic mass is 14.5. The van der Waals surface area contributed by atoms with Gasteiger partial charge in [-0.1, -0.05) is 106 Å². The third-order valence-corrected chi connectivity index (χ3v) is 6.95. The number of rotatable bonds is 9. The molecule has 0 spiro atoms. The van der Waals surface area contributed by atoms with E-state index in [0.29, 0.717) is 35.1 Å². The van der Waals surface area contributed by atoms with E-state index in [2.05, 4.69) is 106 Å². The molecule has 2 aromatic carbocycles. The van der Waals surface area contributed by atoms with E-state index in [-0.39, 0.29) is 11.8 Å². The van der Waals surface area contributed by atoms with Crippen LogP contribution in [0.1, 0.15) is 126 Å². The minimum Gasteiger partial charge on any atom is -0.304 e. The fourth-order valence-corrected chi connectivity index (χ4v) is 4.68. The molecule has 2 N–H and O–H groups in total. The summed E-state index contributed by atoms with van der Waals surface area (Å²) in [6.45, 7) is 21.9. The first-order valence-electron chi connectivity index (χ1n) is 12.3. The van der Waals surface area contributed by atoms with E-state index in [9.17, 15) is 10.8 Å². The van der Waals surface area contributed by atoms with Gasteiger partial charge in [0.25, 0.3) is 0 Å². The highest BCUT2D eigenvalue weighted by Crippen LogP contribution is 2.35. The molecular formula is C30H44N2. The van der Waals surface area contributed by atoms with Gasteiger partial charge in [0, 0.05) is 34.4 Å². The molecule has 0 aliphatic heterocycles. The van der Waals surface area contributed by atoms with Gasteiger partial charge in [-0.25, -0.2) is 0 Å². The van der Waals surface area contributed by atoms with Gasteiger partial charge in [-0.05, 0) is 45.9 Å². The van der Waals surface area contributed by atoms with E-state index in [0.717, 1.165) is 11.1 Å². The second-order valence-electron chi connectivity index (χ2n) is 10.6. The van der Waals surface area contributed by atoms with Crippen LogP contribution in [0.3, 0.4) is 0 Å². The van der Waals surface area contributed by atoms with Crippen molar-refractivity contribution >= 4 is 11.4 Å². The first-order chi connectivity index (χ1) is 14.9. The molecule has 32 heavy (non-hydrogen) atoms. The highest BCUT2D eigenvalue weighted by Gasteiger charge is 2.29. The Balaban J connectivity index is 2.55. The quantitative estimate of drug-likeness (QED) is 0.372. The molecule has 0 aliphatic rings. The van der Waals surface area contributed by atoms with E-state index in [1.165, 1.54) is 22.3 Å². The third kappa shape index (κ3) is 5.22. The summed E-state index contributed by atoms with van der Waals surface area (Å²) < 4.78 is 0. The first kappa shape index (κ1) is 26.0. The Morgan fingerprint density at radius 1 is 0.469 bits per heavy atom. The molecule has 2 atom stereocenters. The predicted octanol–water partition coefficient (Wildman–Crippen LogP) is 8.89. The Kier molecular flexibility index (Phi) is 8.62. The number of benzene rings is 2. The van der Waals surface area contributed by atoms with Crippen LogP contribution < -0.4 is 0 Å². The first-order valence-corrected chi connectivity index (χ1v) is 12.3. The Labute approximate surface area is 196 Å². The lowest BCUT2D eigenvalue weighted by Gasteiger charge is -2.29. The molecule has 2 rings (SSSR count). The van der Waals surface area contributed by atoms with Crippen LogP contribution >= 0.6 is 0 Å². The van der Waals surface area contributed by atoms with Crippen molar-refractivity contribution in [2.45, 2.75) is 92.9 Å². The molecule has 0 bridgehead atoms. The summed E-state index contributed by atoms with van der Waals surface area (Å²) in [6.07, 6.45) is 0. The van der Waals surface area contributed by atoms with Gasteiger partial charge in [0.2, 0.25) is 0 Å². The van der Waals surface area contributed by atoms with Crippen molar-refractivity contribution < 1.29 is 0 Å². The van der Waals surface area contributed by atoms with Gasteiger partial charge in [-0.15, -0.1) is 0 Å². The Morgan fingerprint density at radius 3 is 0.875 bits per heavy atom. The van der Waals surface area contributed by atoms with Gasteiger partial charge in [-0.2, -0.15) is 0 Å². The summed E-state index contributed by atoms with van der Waals surface area (Å²) >= 11 is 0. The Morgan fingerprint density at radius 2 is 0.688 bits per heavy atom. The summed E-state index contributed by atoms with van der Waals surface area (Å²) in [5.74, 6) is 1.36. The molecule has 0 fully saturated rings. The van der Waals surface area contributed by atoms with Crippen LogP contribution in [-0.2, 0) is 0 Å². The van der Waals surface area contributed by atoms with E-state index in [1.54, 1.807) is 0 Å². The molecule has 0 aliphatic carbocycles. The maximum absolute atomic E-state index is 9.27. The van der Waals surface area contributed by atoms with Crippen molar-refractivity contribution in [3.8, 4) is 0 Å². The molecule has 0 amide bonds. The SMILES string of the molecule is CC(C)c1cccc(C(C)C)c1C(=N)C(C)C(C)C(=N)c1c(C(C)C)cccc1C(C)C. The minimum atomic E-state index is -0.0415. The summed E-state index contributed by atoms with van der Waals surface area (Å²) in [6, 6.07) is 13.0. The number of nitrogens with one attached hydrogen (secondary N) is 2. The van der Waals surface area contributed by atoms with Crippen LogP contribution in [0.25, 0.3) is 0 Å². The summed E-state index contributed by atoms with van der Waals surface area (Å²) in [5.41, 5.74) is 8.53. The number of hydrogen-bond donors (Lipinski definition) is 2. The lowest BCUT2D eigenvalue weighted by molar-refractivity contribution is 0.615. The maximum atomic E-state index is 9.27. The van der Waals surface area contributed by atoms with Crippen molar-refractivity contribution in [1.82, 2.24) is 0 Å². The zero-order chi connectivity index (χ0) is 24.3. The Hall–Kier alpha value is -2.22. The molecule has 0 heterocycles. The topological polar surface area (TPSA) is 47.7 Å². The van der Waals surface area contributed by atoms with Gasteiger partial charge in [-0.3, -0.25) is 0 Å². The van der Waals surface area contributed by atoms with Crippen molar-refractivity contribution in [3.63, 3.8) is 0 Å². The fourth-order valence-electron chi connectivity index (χ4n) is 4.68. The van der Waals surface area contributed by atoms with Crippen molar-refractivity contribution in [2.75, 3.05) is 0 Å². The van der Waals surface area contributed by atoms with E-state index >= 15 is 0 Å². The van der Waals surface area contributed by atoms with Crippen molar-refractivity contribution in [2.24, 2.45) is 11.8 Å². The minimum absolute atomic E-state index is 0.0415. The molecule has 2 heteroatoms. The zero-order valence-corrected chi connectivity index (χ0v) is 21.9. The summed E-state index contributed by atoms with van der Waals surface area (Å²) in [4.78, 5) is 0. The second-order valence-corrected chi connectivity index (χ2v) is 10.6. The van der Waals surface area contributed by atoms with Crippen LogP contribution in [0.4, 0.5) is 0 Å². The van der Waals surface area contributed by atoms with Gasteiger partial charge < -0.3 is 10.8 Å². The average molecular weight is 433 g/mol. The predicted molar refractivity (Wildman–Crippen MR) is 141 cm³/mol. The third-order valence-electron chi connectivity index (χ3n) is 6.95. The van der Waals surface area contributed by atoms with Crippen LogP contribution in [0.15, 0.2) is 36.4 Å². The highest BCUT2D eigenvalue weighted by molar-refractivity contribution is 6.09. The van der Waals surface area contributed by atoms with Crippen LogP contribution in [-0.4, -0.2) is 11.4 Å². The monoisotopic (exact) mass is 432 g/mol. The second kappa shape index (κ2) is 10.6. The molecule has 2 nitrogen and oxygen atoms in total. The van der Waals surface area contributed by atoms with Gasteiger partial charge in [0.05, 0.1) is 0 Å². The van der Waals surface area contributed by atoms with Crippen LogP contribution in [0.5, 0.6) is 0 Å². The van der Waals surface area contributed by atoms with Gasteiger partial charge in [0.15, 0.2) is 0 Å². The maximum Gasteiger partial charge on any atom is 0.0426 e. The van der Waals surface area contributed by atoms with E-state index in [1.807, 2.05) is 0 Å². The van der Waals surface area contributed by atoms with Crippen LogP contribution in [0, 0.1) is 22.7 Å². The standard InChI is InChI=1S/C30H44N2/c1-17(2)23-13-11-14-24(18(3)4)27(23)29(31)21(9)22(10)30(32)28-25(19(5)6)15-12-16-26(28)20(7)8/h11-22,31-32H,1-10H3. The molecular weight excluding hydrogens is 388 g/mol. The van der Waals surface area contributed by atoms with Crippen LogP contribution in [0.2, 0.25) is 0 Å². The smallest absolute Gasteiger partial charge is 0.0426 e. The van der Waals surface area contributed by atoms with E-state index in [4.69, 9.17) is 0 Å². The summed E-state index contributed by atoms with van der Waals surface area (Å²) in [5, 5.41) is 18.5. The van der Waals surface area contributed by atoms with Crippen molar-refractivity contribution in [1.29, 1.82) is 10.8 Å². The fraction of sp³-hybridized carbons (Fsp3) is 0.533. The molecule has 0 saturated heterocycles. The largest absolute Gasteiger partial charge is 0.304 e. The van der Waals surface area contributed by atoms with Gasteiger partial charge >= 0.3 is 0 Å². The van der Waals surface area contributed by atoms with E-state index < -0.39 is 0 Å². The van der Waals surface area contributed by atoms with Gasteiger partial charge in [0.1, 0.15) is 0 Å². The average Bonchev–Trinajstić information content (AvgIpc) is 2.75. The lowest BCUT2D eigenvalue weighted by Crippen LogP contribution is -2.29. The summed E-state index contributed by atoms with van der Waals surface area (Å²) in [7, 11) is 0. The zero-order valence-electron chi connectivity index (χ0n) is 21.9.